The van der Waals surface area contributed by atoms with Gasteiger partial charge in [-0.05, 0) is 135 Å². The van der Waals surface area contributed by atoms with Crippen LogP contribution in [0.1, 0.15) is 142 Å². The number of ether oxygens (including phenoxy) is 2. The van der Waals surface area contributed by atoms with Crippen molar-refractivity contribution in [1.29, 1.82) is 54.1 Å². The normalized spacial score (nSPS) is 13.2. The van der Waals surface area contributed by atoms with Crippen molar-refractivity contribution in [3.8, 4) is 12.3 Å². The lowest BCUT2D eigenvalue weighted by Crippen LogP contribution is -2.60. The molecule has 0 fully saturated rings. The van der Waals surface area contributed by atoms with Crippen molar-refractivity contribution < 1.29 is 67.0 Å². The second-order valence-corrected chi connectivity index (χ2v) is 29.1. The van der Waals surface area contributed by atoms with E-state index in [1.807, 2.05) is 0 Å². The van der Waals surface area contributed by atoms with Crippen LogP contribution in [0.15, 0.2) is 0 Å². The summed E-state index contributed by atoms with van der Waals surface area (Å²) in [7, 11) is 0. The average molecular weight is 1820 g/mol. The number of terminal acetylenes is 1. The summed E-state index contributed by atoms with van der Waals surface area (Å²) < 4.78 is 10.8. The van der Waals surface area contributed by atoms with Gasteiger partial charge >= 0.3 is 0 Å². The summed E-state index contributed by atoms with van der Waals surface area (Å²) in [4.78, 5) is 170. The third-order valence-corrected chi connectivity index (χ3v) is 18.1. The minimum absolute atomic E-state index is 0.000118. The van der Waals surface area contributed by atoms with Crippen molar-refractivity contribution in [3.05, 3.63) is 0 Å². The molecule has 53 N–H and O–H groups in total. The van der Waals surface area contributed by atoms with Crippen LogP contribution in [-0.4, -0.2) is 295 Å². The summed E-state index contributed by atoms with van der Waals surface area (Å²) >= 11 is 0. The molecule has 0 aliphatic rings. The number of guanidine groups is 9. The van der Waals surface area contributed by atoms with E-state index in [0.717, 1.165) is 0 Å². The minimum atomic E-state index is -1.64. The summed E-state index contributed by atoms with van der Waals surface area (Å²) in [6.45, 7) is 0.865. The molecular formula is C72H140N42O14. The standard InChI is InChI=1S/C72H140N42O14/c1-3-14-42(53(75)116)105-52(115)39-128-38-37-127-36-35-95-55(118)43(16-6-27-97-65(78)79)107-57(120)46(19-8-29-99-67(82)83)110-58(121)45(17-5-25-94-40(2)73)109-60(123)48(21-10-31-101-69(86)87)112-62(125)50(23-12-33-103-71(90)91)114-63(126)51(24-13-34-104-72(92)93)113-61(124)49(22-11-32-102-70(88)89)111-59(122)47(20-9-30-100-68(84)85)108-56(119)44(18-7-28-98-66(80)81)106-54(117)41(74)15-4-26-96-64(76)77/h1,41-51H,4-39,74H2,2H3,(H2,73,94)(H2,75,116)(H,95,118)(H,105,115)(H,106,117)(H,107,120)(H,108,119)(H,109,123)(H,110,121)(H,111,122)(H,112,125)(H,113,124)(H,114,126)(H4,76,77,96)(H4,78,79,97)(H4,80,81,98)(H4,82,83,99)(H4,84,85,100)(H4,86,87,101)(H4,88,89,102)(H4,90,91,103)(H4,92,93,104)/t41-,42-,43-,44-,45-,46-,47-,48-,49-,50-,51-/m1/s1. The van der Waals surface area contributed by atoms with Gasteiger partial charge in [0, 0.05) is 78.4 Å². The zero-order valence-electron chi connectivity index (χ0n) is 72.5. The fourth-order valence-corrected chi connectivity index (χ4v) is 11.7. The Morgan fingerprint density at radius 2 is 0.477 bits per heavy atom. The fraction of sp³-hybridized carbons (Fsp3) is 0.667. The molecule has 722 valence electrons. The van der Waals surface area contributed by atoms with Crippen LogP contribution in [0.4, 0.5) is 0 Å². The van der Waals surface area contributed by atoms with Crippen molar-refractivity contribution in [2.75, 3.05) is 98.4 Å². The van der Waals surface area contributed by atoms with E-state index in [2.05, 4.69) is 118 Å². The molecule has 0 saturated carbocycles. The summed E-state index contributed by atoms with van der Waals surface area (Å²) in [5.74, 6) is -12.3. The second-order valence-electron chi connectivity index (χ2n) is 29.1. The van der Waals surface area contributed by atoms with Crippen LogP contribution in [0, 0.1) is 66.4 Å². The molecule has 0 aromatic carbocycles. The van der Waals surface area contributed by atoms with Crippen molar-refractivity contribution in [2.45, 2.75) is 208 Å². The van der Waals surface area contributed by atoms with Crippen molar-refractivity contribution in [3.63, 3.8) is 0 Å². The first-order valence-electron chi connectivity index (χ1n) is 41.5. The van der Waals surface area contributed by atoms with Gasteiger partial charge in [0.2, 0.25) is 70.9 Å². The van der Waals surface area contributed by atoms with Crippen LogP contribution < -0.4 is 175 Å². The Labute approximate surface area is 742 Å². The van der Waals surface area contributed by atoms with E-state index in [9.17, 15) is 43.2 Å². The molecule has 128 heavy (non-hydrogen) atoms. The van der Waals surface area contributed by atoms with E-state index in [-0.39, 0.29) is 250 Å². The monoisotopic (exact) mass is 1820 g/mol. The maximum absolute atomic E-state index is 15.1. The highest BCUT2D eigenvalue weighted by molar-refractivity contribution is 5.99. The van der Waals surface area contributed by atoms with Gasteiger partial charge in [0.1, 0.15) is 67.0 Å². The van der Waals surface area contributed by atoms with Gasteiger partial charge < -0.3 is 184 Å². The Morgan fingerprint density at radius 1 is 0.266 bits per heavy atom. The highest BCUT2D eigenvalue weighted by Crippen LogP contribution is 2.13. The largest absolute Gasteiger partial charge is 0.377 e. The molecule has 0 saturated heterocycles. The number of amides is 12. The predicted octanol–water partition coefficient (Wildman–Crippen LogP) is -13.4. The lowest BCUT2D eigenvalue weighted by atomic mass is 10.0. The smallest absolute Gasteiger partial charge is 0.246 e. The molecule has 0 rings (SSSR count). The van der Waals surface area contributed by atoms with Crippen LogP contribution in [-0.2, 0) is 67.0 Å². The molecule has 0 aromatic rings. The van der Waals surface area contributed by atoms with Gasteiger partial charge in [-0.15, -0.1) is 12.3 Å². The predicted molar refractivity (Wildman–Crippen MR) is 478 cm³/mol. The number of carbonyl (C=O) groups excluding carboxylic acids is 12. The average Bonchev–Trinajstić information content (AvgIpc) is 0.860. The molecule has 56 nitrogen and oxygen atoms in total. The van der Waals surface area contributed by atoms with Crippen molar-refractivity contribution in [2.24, 2.45) is 63.1 Å². The molecular weight excluding hydrogens is 1680 g/mol. The van der Waals surface area contributed by atoms with Crippen molar-refractivity contribution >= 4 is 130 Å². The first-order chi connectivity index (χ1) is 60.6. The van der Waals surface area contributed by atoms with Crippen LogP contribution >= 0.6 is 0 Å². The number of hydrogen-bond acceptors (Lipinski definition) is 25. The van der Waals surface area contributed by atoms with Crippen LogP contribution in [0.3, 0.4) is 0 Å². The van der Waals surface area contributed by atoms with E-state index < -0.39 is 180 Å². The number of nitrogens with one attached hydrogen (secondary N) is 31. The molecule has 0 aromatic heterocycles. The van der Waals surface area contributed by atoms with Gasteiger partial charge in [-0.1, -0.05) is 0 Å². The number of primary amides is 1. The first kappa shape index (κ1) is 114. The van der Waals surface area contributed by atoms with E-state index in [1.165, 1.54) is 6.92 Å². The molecule has 0 bridgehead atoms. The number of carbonyl (C=O) groups is 12. The van der Waals surface area contributed by atoms with Crippen LogP contribution in [0.2, 0.25) is 0 Å². The number of nitrogens with two attached hydrogens (primary N) is 11. The summed E-state index contributed by atoms with van der Waals surface area (Å²) in [6.07, 6.45) is 4.08. The lowest BCUT2D eigenvalue weighted by Gasteiger charge is -2.29. The zero-order chi connectivity index (χ0) is 96.5. The van der Waals surface area contributed by atoms with Gasteiger partial charge in [-0.25, -0.2) is 0 Å². The molecule has 0 spiro atoms. The molecule has 56 heteroatoms. The lowest BCUT2D eigenvalue weighted by molar-refractivity contribution is -0.136. The summed E-state index contributed by atoms with van der Waals surface area (Å²) in [5, 5.41) is 132. The first-order valence-corrected chi connectivity index (χ1v) is 41.5. The quantitative estimate of drug-likeness (QED) is 0.0116. The Kier molecular flexibility index (Phi) is 60.0. The molecule has 11 atom stereocenters. The Hall–Kier alpha value is -14.0. The van der Waals surface area contributed by atoms with Crippen LogP contribution in [0.5, 0.6) is 0 Å². The highest BCUT2D eigenvalue weighted by Gasteiger charge is 2.37. The number of amidine groups is 1. The van der Waals surface area contributed by atoms with Crippen LogP contribution in [0.25, 0.3) is 0 Å². The Balaban J connectivity index is 7.91. The minimum Gasteiger partial charge on any atom is -0.377 e. The second kappa shape index (κ2) is 67.4. The molecule has 0 radical (unpaired) electrons. The summed E-state index contributed by atoms with van der Waals surface area (Å²) in [6, 6.07) is -16.0. The van der Waals surface area contributed by atoms with Gasteiger partial charge in [0.05, 0.1) is 31.7 Å². The third kappa shape index (κ3) is 58.2. The zero-order valence-corrected chi connectivity index (χ0v) is 72.5. The molecule has 0 aliphatic carbocycles. The van der Waals surface area contributed by atoms with E-state index in [1.54, 1.807) is 0 Å². The maximum atomic E-state index is 15.1. The molecule has 12 amide bonds. The topological polar surface area (TPSA) is 1000 Å². The summed E-state index contributed by atoms with van der Waals surface area (Å²) in [5.41, 5.74) is 61.3. The number of hydrogen-bond donors (Lipinski definition) is 42. The van der Waals surface area contributed by atoms with E-state index >= 15 is 14.4 Å². The Morgan fingerprint density at radius 3 is 0.695 bits per heavy atom. The highest BCUT2D eigenvalue weighted by atomic mass is 16.5. The van der Waals surface area contributed by atoms with E-state index in [0.29, 0.717) is 0 Å². The fourth-order valence-electron chi connectivity index (χ4n) is 11.7. The van der Waals surface area contributed by atoms with Gasteiger partial charge in [0.15, 0.2) is 53.6 Å². The van der Waals surface area contributed by atoms with Gasteiger partial charge in [-0.3, -0.25) is 112 Å². The molecule has 0 aliphatic heterocycles. The third-order valence-electron chi connectivity index (χ3n) is 18.1. The number of rotatable bonds is 70. The van der Waals surface area contributed by atoms with Crippen molar-refractivity contribution in [1.82, 2.24) is 112 Å². The van der Waals surface area contributed by atoms with E-state index in [4.69, 9.17) is 133 Å². The maximum Gasteiger partial charge on any atom is 0.246 e. The Bertz CT molecular complexity index is 3680. The molecule has 0 heterocycles. The SMILES string of the molecule is C#CC[C@@H](NC(=O)COCCOCCNC(=O)[C@@H](CCCNC(=N)N)NC(=O)[C@@H](CCCNC(=N)N)NC(=O)[C@@H](CCCNC(C)=N)NC(=O)[C@@H](CCCNC(=N)N)NC(=O)[C@@H](CCCNC(=N)N)NC(=O)[C@@H](CCCNC(=N)N)NC(=O)[C@@H](CCCNC(=N)N)NC(=O)[C@@H](CCCNC(=N)N)NC(=O)[C@@H](CCCNC(=N)N)NC(=O)[C@H](N)CCCNC(=N)N)C(N)=O. The van der Waals surface area contributed by atoms with Gasteiger partial charge in [-0.2, -0.15) is 0 Å². The van der Waals surface area contributed by atoms with Gasteiger partial charge in [0.25, 0.3) is 0 Å². The molecule has 0 unspecified atom stereocenters.